The Balaban J connectivity index is 2.11. The maximum Gasteiger partial charge on any atom is 0.337 e. The van der Waals surface area contributed by atoms with Crippen molar-refractivity contribution in [3.05, 3.63) is 52.4 Å². The Kier molecular flexibility index (Phi) is 6.63. The molecule has 1 aliphatic carbocycles. The first kappa shape index (κ1) is 23.1. The molecule has 1 aliphatic heterocycles. The van der Waals surface area contributed by atoms with E-state index in [1.54, 1.807) is 0 Å². The van der Waals surface area contributed by atoms with Crippen LogP contribution in [0.25, 0.3) is 0 Å². The Morgan fingerprint density at radius 2 is 1.77 bits per heavy atom. The number of nitrogens with one attached hydrogen (secondary N) is 1. The maximum atomic E-state index is 13.3. The van der Waals surface area contributed by atoms with Crippen molar-refractivity contribution in [3.63, 3.8) is 0 Å². The summed E-state index contributed by atoms with van der Waals surface area (Å²) in [5, 5.41) is 3.39. The average Bonchev–Trinajstić information content (AvgIpc) is 2.66. The lowest BCUT2D eigenvalue weighted by atomic mass is 9.68. The molecule has 3 rings (SSSR count). The summed E-state index contributed by atoms with van der Waals surface area (Å²) in [5.74, 6) is -0.655. The lowest BCUT2D eigenvalue weighted by molar-refractivity contribution is -0.143. The highest BCUT2D eigenvalue weighted by atomic mass is 16.5. The van der Waals surface area contributed by atoms with Gasteiger partial charge in [-0.3, -0.25) is 4.79 Å². The average molecular weight is 425 g/mol. The molecule has 2 aliphatic rings. The van der Waals surface area contributed by atoms with E-state index in [1.165, 1.54) is 0 Å². The molecule has 1 aromatic carbocycles. The van der Waals surface area contributed by atoms with Gasteiger partial charge in [0.25, 0.3) is 0 Å². The number of Topliss-reactive ketones (excluding diaryl/α,β-unsaturated/α-hetero) is 1. The molecule has 0 aromatic heterocycles. The molecule has 0 bridgehead atoms. The molecule has 5 heteroatoms. The fraction of sp³-hybridized carbons (Fsp3) is 0.538. The van der Waals surface area contributed by atoms with Crippen molar-refractivity contribution in [2.75, 3.05) is 18.0 Å². The van der Waals surface area contributed by atoms with Gasteiger partial charge >= 0.3 is 5.97 Å². The molecule has 1 atom stereocenters. The number of carbonyl (C=O) groups excluding carboxylic acids is 2. The molecule has 1 N–H and O–H groups in total. The summed E-state index contributed by atoms with van der Waals surface area (Å²) in [7, 11) is 0. The molecular formula is C26H36N2O3. The minimum atomic E-state index is -0.406. The molecule has 0 fully saturated rings. The first-order valence-electron chi connectivity index (χ1n) is 11.4. The third-order valence-corrected chi connectivity index (χ3v) is 6.16. The predicted molar refractivity (Wildman–Crippen MR) is 125 cm³/mol. The molecule has 31 heavy (non-hydrogen) atoms. The van der Waals surface area contributed by atoms with Gasteiger partial charge in [0.15, 0.2) is 5.78 Å². The van der Waals surface area contributed by atoms with Crippen molar-refractivity contribution in [2.24, 2.45) is 5.41 Å². The van der Waals surface area contributed by atoms with Crippen molar-refractivity contribution < 1.29 is 14.3 Å². The largest absolute Gasteiger partial charge is 0.460 e. The van der Waals surface area contributed by atoms with Crippen LogP contribution in [-0.4, -0.2) is 30.9 Å². The molecule has 0 amide bonds. The number of hydrogen-bond acceptors (Lipinski definition) is 5. The van der Waals surface area contributed by atoms with Gasteiger partial charge in [0.2, 0.25) is 0 Å². The van der Waals surface area contributed by atoms with Crippen LogP contribution in [0, 0.1) is 5.41 Å². The monoisotopic (exact) mass is 424 g/mol. The number of esters is 1. The second kappa shape index (κ2) is 8.89. The zero-order chi connectivity index (χ0) is 22.9. The van der Waals surface area contributed by atoms with Gasteiger partial charge in [-0.2, -0.15) is 0 Å². The minimum absolute atomic E-state index is 0.101. The summed E-state index contributed by atoms with van der Waals surface area (Å²) >= 11 is 0. The fourth-order valence-electron chi connectivity index (χ4n) is 4.78. The highest BCUT2D eigenvalue weighted by Gasteiger charge is 2.43. The van der Waals surface area contributed by atoms with Gasteiger partial charge in [0, 0.05) is 48.1 Å². The molecule has 1 heterocycles. The van der Waals surface area contributed by atoms with Gasteiger partial charge in [-0.05, 0) is 64.2 Å². The smallest absolute Gasteiger partial charge is 0.337 e. The molecule has 0 spiro atoms. The predicted octanol–water partition coefficient (Wildman–Crippen LogP) is 5.09. The zero-order valence-electron chi connectivity index (χ0n) is 20.0. The normalized spacial score (nSPS) is 20.5. The van der Waals surface area contributed by atoms with Gasteiger partial charge in [-0.1, -0.05) is 26.0 Å². The lowest BCUT2D eigenvalue weighted by Crippen LogP contribution is -2.39. The molecule has 168 valence electrons. The topological polar surface area (TPSA) is 58.6 Å². The SMILES string of the molecule is CCN(CC)c1ccc([C@@H]2C(C(=O)OC(C)C)=C(C)NC3=C2C(=O)CC(C)(C)C3)cc1. The van der Waals surface area contributed by atoms with E-state index in [0.717, 1.165) is 47.7 Å². The molecule has 0 unspecified atom stereocenters. The van der Waals surface area contributed by atoms with E-state index in [4.69, 9.17) is 4.74 Å². The summed E-state index contributed by atoms with van der Waals surface area (Å²) in [6.45, 7) is 16.0. The van der Waals surface area contributed by atoms with Crippen molar-refractivity contribution in [2.45, 2.75) is 73.3 Å². The number of hydrogen-bond donors (Lipinski definition) is 1. The highest BCUT2D eigenvalue weighted by molar-refractivity contribution is 6.04. The van der Waals surface area contributed by atoms with E-state index in [-0.39, 0.29) is 23.3 Å². The van der Waals surface area contributed by atoms with Crippen molar-refractivity contribution in [3.8, 4) is 0 Å². The van der Waals surface area contributed by atoms with Crippen LogP contribution < -0.4 is 10.2 Å². The molecule has 0 radical (unpaired) electrons. The number of benzene rings is 1. The molecule has 0 saturated heterocycles. The quantitative estimate of drug-likeness (QED) is 0.645. The Labute approximate surface area is 186 Å². The maximum absolute atomic E-state index is 13.3. The summed E-state index contributed by atoms with van der Waals surface area (Å²) in [6, 6.07) is 8.28. The number of allylic oxidation sites excluding steroid dienone is 3. The summed E-state index contributed by atoms with van der Waals surface area (Å²) in [5.41, 5.74) is 4.96. The standard InChI is InChI=1S/C26H36N2O3/c1-8-28(9-2)19-12-10-18(11-13-19)23-22(25(30)31-16(3)4)17(5)27-20-14-26(6,7)15-21(29)24(20)23/h10-13,16,23,27H,8-9,14-15H2,1-7H3/t23-/m1/s1. The van der Waals surface area contributed by atoms with Crippen LogP contribution in [0.5, 0.6) is 0 Å². The number of ketones is 1. The van der Waals surface area contributed by atoms with Gasteiger partial charge in [0.05, 0.1) is 11.7 Å². The van der Waals surface area contributed by atoms with Gasteiger partial charge in [-0.25, -0.2) is 4.79 Å². The second-order valence-corrected chi connectivity index (χ2v) is 9.65. The van der Waals surface area contributed by atoms with E-state index in [9.17, 15) is 9.59 Å². The third kappa shape index (κ3) is 4.70. The number of ether oxygens (including phenoxy) is 1. The first-order valence-corrected chi connectivity index (χ1v) is 11.4. The van der Waals surface area contributed by atoms with Crippen LogP contribution in [0.4, 0.5) is 5.69 Å². The number of anilines is 1. The van der Waals surface area contributed by atoms with Gasteiger partial charge in [0.1, 0.15) is 0 Å². The molecule has 1 aromatic rings. The van der Waals surface area contributed by atoms with E-state index in [0.29, 0.717) is 12.0 Å². The summed E-state index contributed by atoms with van der Waals surface area (Å²) in [4.78, 5) is 28.7. The van der Waals surface area contributed by atoms with Crippen LogP contribution in [0.2, 0.25) is 0 Å². The number of nitrogens with zero attached hydrogens (tertiary/aromatic N) is 1. The van der Waals surface area contributed by atoms with Crippen molar-refractivity contribution in [1.29, 1.82) is 0 Å². The first-order chi connectivity index (χ1) is 14.6. The molecule has 0 saturated carbocycles. The van der Waals surface area contributed by atoms with E-state index in [1.807, 2.05) is 20.8 Å². The summed E-state index contributed by atoms with van der Waals surface area (Å²) < 4.78 is 5.59. The molecular weight excluding hydrogens is 388 g/mol. The Morgan fingerprint density at radius 1 is 1.16 bits per heavy atom. The Bertz CT molecular complexity index is 918. The van der Waals surface area contributed by atoms with Gasteiger partial charge in [-0.15, -0.1) is 0 Å². The molecule has 5 nitrogen and oxygen atoms in total. The summed E-state index contributed by atoms with van der Waals surface area (Å²) in [6.07, 6.45) is 1.04. The van der Waals surface area contributed by atoms with Crippen LogP contribution in [0.1, 0.15) is 72.8 Å². The van der Waals surface area contributed by atoms with Crippen LogP contribution in [-0.2, 0) is 14.3 Å². The Morgan fingerprint density at radius 3 is 2.32 bits per heavy atom. The highest BCUT2D eigenvalue weighted by Crippen LogP contribution is 2.47. The minimum Gasteiger partial charge on any atom is -0.460 e. The van der Waals surface area contributed by atoms with Crippen LogP contribution in [0.15, 0.2) is 46.8 Å². The van der Waals surface area contributed by atoms with E-state index >= 15 is 0 Å². The van der Waals surface area contributed by atoms with E-state index < -0.39 is 5.92 Å². The van der Waals surface area contributed by atoms with Crippen molar-refractivity contribution in [1.82, 2.24) is 5.32 Å². The number of carbonyl (C=O) groups is 2. The zero-order valence-corrected chi connectivity index (χ0v) is 20.0. The third-order valence-electron chi connectivity index (χ3n) is 6.16. The number of dihydropyridines is 1. The lowest BCUT2D eigenvalue weighted by Gasteiger charge is -2.39. The Hall–Kier alpha value is -2.56. The van der Waals surface area contributed by atoms with Crippen LogP contribution in [0.3, 0.4) is 0 Å². The van der Waals surface area contributed by atoms with Crippen LogP contribution >= 0.6 is 0 Å². The van der Waals surface area contributed by atoms with Crippen molar-refractivity contribution >= 4 is 17.4 Å². The second-order valence-electron chi connectivity index (χ2n) is 9.65. The number of rotatable bonds is 6. The fourth-order valence-corrected chi connectivity index (χ4v) is 4.78. The van der Waals surface area contributed by atoms with Gasteiger partial charge < -0.3 is 15.0 Å². The van der Waals surface area contributed by atoms with E-state index in [2.05, 4.69) is 62.2 Å².